The van der Waals surface area contributed by atoms with E-state index in [-0.39, 0.29) is 23.7 Å². The Morgan fingerprint density at radius 2 is 1.91 bits per heavy atom. The first-order chi connectivity index (χ1) is 20.7. The number of fused-ring (bicyclic) bond motifs is 2. The second-order valence-electron chi connectivity index (χ2n) is 12.5. The maximum atomic E-state index is 14.7. The lowest BCUT2D eigenvalue weighted by atomic mass is 9.61. The minimum absolute atomic E-state index is 0.0460. The molecular formula is C32H33FN6O2S2. The van der Waals surface area contributed by atoms with Gasteiger partial charge in [0, 0.05) is 36.4 Å². The summed E-state index contributed by atoms with van der Waals surface area (Å²) in [4.78, 5) is 20.6. The molecule has 3 atom stereocenters. The third kappa shape index (κ3) is 4.55. The van der Waals surface area contributed by atoms with Crippen LogP contribution >= 0.6 is 11.3 Å². The van der Waals surface area contributed by atoms with Crippen molar-refractivity contribution in [1.82, 2.24) is 28.9 Å². The topological polar surface area (TPSA) is 85.9 Å². The number of Topliss-reactive ketones (excluding diaryl/α,β-unsaturated/α-hetero) is 1. The second-order valence-corrected chi connectivity index (χ2v) is 15.7. The highest BCUT2D eigenvalue weighted by Gasteiger charge is 2.53. The normalized spacial score (nSPS) is 24.7. The Labute approximate surface area is 254 Å². The van der Waals surface area contributed by atoms with Crippen LogP contribution in [0.3, 0.4) is 0 Å². The number of aromatic nitrogens is 5. The number of allylic oxidation sites excluding steroid dienone is 1. The van der Waals surface area contributed by atoms with Crippen LogP contribution in [0.1, 0.15) is 76.8 Å². The van der Waals surface area contributed by atoms with Crippen LogP contribution in [0.5, 0.6) is 0 Å². The van der Waals surface area contributed by atoms with Gasteiger partial charge in [0.25, 0.3) is 0 Å². The van der Waals surface area contributed by atoms with Gasteiger partial charge in [-0.2, -0.15) is 10.2 Å². The number of halogens is 1. The van der Waals surface area contributed by atoms with Crippen molar-refractivity contribution < 1.29 is 13.4 Å². The van der Waals surface area contributed by atoms with E-state index in [0.717, 1.165) is 54.6 Å². The van der Waals surface area contributed by atoms with Crippen LogP contribution < -0.4 is 0 Å². The highest BCUT2D eigenvalue weighted by Crippen LogP contribution is 2.53. The summed E-state index contributed by atoms with van der Waals surface area (Å²) in [6, 6.07) is 8.16. The minimum Gasteiger partial charge on any atom is -0.290 e. The first-order valence-corrected chi connectivity index (χ1v) is 17.4. The molecule has 1 unspecified atom stereocenters. The minimum atomic E-state index is -2.86. The molecule has 222 valence electrons. The van der Waals surface area contributed by atoms with Crippen molar-refractivity contribution in [2.24, 2.45) is 12.5 Å². The smallest absolute Gasteiger partial charge is 0.201 e. The fourth-order valence-electron chi connectivity index (χ4n) is 7.02. The molecule has 4 aromatic rings. The molecule has 0 N–H and O–H groups in total. The van der Waals surface area contributed by atoms with Gasteiger partial charge < -0.3 is 0 Å². The number of carbonyl (C=O) groups excluding carboxylic acids is 1. The van der Waals surface area contributed by atoms with Crippen LogP contribution in [0.15, 0.2) is 59.5 Å². The summed E-state index contributed by atoms with van der Waals surface area (Å²) < 4.78 is 33.7. The summed E-state index contributed by atoms with van der Waals surface area (Å²) >= 11 is 1.53. The third-order valence-electron chi connectivity index (χ3n) is 9.46. The first-order valence-electron chi connectivity index (χ1n) is 14.9. The molecule has 3 saturated carbocycles. The summed E-state index contributed by atoms with van der Waals surface area (Å²) in [5, 5.41) is 10.2. The molecule has 1 aromatic carbocycles. The molecule has 43 heavy (non-hydrogen) atoms. The van der Waals surface area contributed by atoms with Crippen molar-refractivity contribution in [3.05, 3.63) is 81.5 Å². The number of rotatable bonds is 8. The summed E-state index contributed by atoms with van der Waals surface area (Å²) in [5.74, 6) is 4.53. The van der Waals surface area contributed by atoms with Gasteiger partial charge >= 0.3 is 0 Å². The van der Waals surface area contributed by atoms with E-state index in [1.165, 1.54) is 28.3 Å². The van der Waals surface area contributed by atoms with Crippen molar-refractivity contribution in [3.63, 3.8) is 0 Å². The van der Waals surface area contributed by atoms with E-state index in [1.54, 1.807) is 29.1 Å². The van der Waals surface area contributed by atoms with Crippen molar-refractivity contribution in [3.8, 4) is 5.69 Å². The van der Waals surface area contributed by atoms with Gasteiger partial charge in [-0.15, -0.1) is 11.3 Å². The fraction of sp³-hybridized carbons (Fsp3) is 0.406. The molecule has 3 fully saturated rings. The molecule has 0 spiro atoms. The summed E-state index contributed by atoms with van der Waals surface area (Å²) in [6.07, 6.45) is 14.4. The van der Waals surface area contributed by atoms with Crippen molar-refractivity contribution in [1.29, 1.82) is 0 Å². The molecular weight excluding hydrogens is 584 g/mol. The lowest BCUT2D eigenvalue weighted by molar-refractivity contribution is 0.0741. The van der Waals surface area contributed by atoms with Gasteiger partial charge in [0.2, 0.25) is 5.78 Å². The van der Waals surface area contributed by atoms with Gasteiger partial charge in [0.1, 0.15) is 5.82 Å². The highest BCUT2D eigenvalue weighted by atomic mass is 32.2. The summed E-state index contributed by atoms with van der Waals surface area (Å²) in [7, 11) is -1.03. The Balaban J connectivity index is 1.21. The SMILES string of the molecule is C=S(=O)(c1ccn(C)n1)N(C1CC1)[C@H]1CCC2=Cc3c(cnn3-c3ccc(F)cc3)C[C@]2(C(=O)c2ncc(C3CC3)s2)C1. The molecule has 11 heteroatoms. The lowest BCUT2D eigenvalue weighted by Crippen LogP contribution is -2.51. The second kappa shape index (κ2) is 9.80. The molecule has 4 aliphatic carbocycles. The van der Waals surface area contributed by atoms with Crippen LogP contribution in [0.25, 0.3) is 11.8 Å². The van der Waals surface area contributed by atoms with Gasteiger partial charge in [-0.05, 0) is 105 Å². The third-order valence-corrected chi connectivity index (χ3v) is 12.8. The summed E-state index contributed by atoms with van der Waals surface area (Å²) in [5.41, 5.74) is 2.91. The molecule has 0 aliphatic heterocycles. The average molecular weight is 617 g/mol. The monoisotopic (exact) mass is 616 g/mol. The van der Waals surface area contributed by atoms with Crippen LogP contribution in [0.4, 0.5) is 4.39 Å². The molecule has 8 rings (SSSR count). The zero-order chi connectivity index (χ0) is 29.5. The first kappa shape index (κ1) is 27.2. The molecule has 3 aromatic heterocycles. The van der Waals surface area contributed by atoms with Crippen molar-refractivity contribution >= 4 is 38.8 Å². The van der Waals surface area contributed by atoms with E-state index in [2.05, 4.69) is 31.4 Å². The van der Waals surface area contributed by atoms with Crippen LogP contribution in [-0.4, -0.2) is 56.8 Å². The number of benzene rings is 1. The van der Waals surface area contributed by atoms with Gasteiger partial charge in [0.05, 0.1) is 32.7 Å². The van der Waals surface area contributed by atoms with E-state index in [0.29, 0.717) is 35.2 Å². The predicted octanol–water partition coefficient (Wildman–Crippen LogP) is 5.60. The zero-order valence-electron chi connectivity index (χ0n) is 24.0. The number of nitrogens with zero attached hydrogens (tertiary/aromatic N) is 6. The Bertz CT molecular complexity index is 1880. The van der Waals surface area contributed by atoms with E-state index < -0.39 is 15.1 Å². The Morgan fingerprint density at radius 3 is 2.60 bits per heavy atom. The maximum absolute atomic E-state index is 14.7. The van der Waals surface area contributed by atoms with E-state index in [1.807, 2.05) is 24.1 Å². The average Bonchev–Trinajstić information content (AvgIpc) is 3.88. The van der Waals surface area contributed by atoms with Crippen LogP contribution in [0, 0.1) is 11.2 Å². The quantitative estimate of drug-likeness (QED) is 0.190. The van der Waals surface area contributed by atoms with Crippen molar-refractivity contribution in [2.75, 3.05) is 0 Å². The molecule has 3 heterocycles. The van der Waals surface area contributed by atoms with Gasteiger partial charge in [-0.1, -0.05) is 5.57 Å². The van der Waals surface area contributed by atoms with E-state index in [9.17, 15) is 13.4 Å². The molecule has 0 radical (unpaired) electrons. The standard InChI is InChI=1S/C32H33FN6O2S2/c1-37-14-13-29(36-37)43(2,41)39(25-11-12-25)26-8-5-22-15-27-21(18-35-38(27)24-9-6-23(33)7-10-24)16-32(22,17-26)30(40)31-34-19-28(42-31)20-3-4-20/h6-7,9-10,13-15,18-20,25-26H,2-5,8,11-12,16-17H2,1H3/t26-,32-,43?/m0/s1. The Morgan fingerprint density at radius 1 is 1.12 bits per heavy atom. The van der Waals surface area contributed by atoms with Crippen LogP contribution in [0.2, 0.25) is 0 Å². The molecule has 4 aliphatic rings. The van der Waals surface area contributed by atoms with E-state index >= 15 is 0 Å². The molecule has 0 saturated heterocycles. The predicted molar refractivity (Wildman–Crippen MR) is 165 cm³/mol. The number of thiazole rings is 1. The fourth-order valence-corrected chi connectivity index (χ4v) is 10.2. The molecule has 0 amide bonds. The number of ketones is 1. The zero-order valence-corrected chi connectivity index (χ0v) is 25.6. The van der Waals surface area contributed by atoms with Crippen LogP contribution in [-0.2, 0) is 23.2 Å². The largest absolute Gasteiger partial charge is 0.290 e. The number of carbonyl (C=O) groups is 1. The molecule has 0 bridgehead atoms. The highest BCUT2D eigenvalue weighted by molar-refractivity contribution is 7.98. The van der Waals surface area contributed by atoms with E-state index in [4.69, 9.17) is 0 Å². The van der Waals surface area contributed by atoms with Gasteiger partial charge in [-0.3, -0.25) is 9.48 Å². The lowest BCUT2D eigenvalue weighted by Gasteiger charge is -2.47. The number of aryl methyl sites for hydroxylation is 1. The number of hydrogen-bond donors (Lipinski definition) is 0. The summed E-state index contributed by atoms with van der Waals surface area (Å²) in [6.45, 7) is 0. The Hall–Kier alpha value is -3.41. The van der Waals surface area contributed by atoms with Gasteiger partial charge in [0.15, 0.2) is 10.0 Å². The maximum Gasteiger partial charge on any atom is 0.201 e. The van der Waals surface area contributed by atoms with Crippen molar-refractivity contribution in [2.45, 2.75) is 74.4 Å². The van der Waals surface area contributed by atoms with Gasteiger partial charge in [-0.25, -0.2) is 22.6 Å². The Kier molecular flexibility index (Phi) is 6.19. The number of hydrogen-bond acceptors (Lipinski definition) is 6. The molecule has 8 nitrogen and oxygen atoms in total.